The topological polar surface area (TPSA) is 61.4 Å². The van der Waals surface area contributed by atoms with Crippen LogP contribution < -0.4 is 10.6 Å². The molecule has 0 spiro atoms. The van der Waals surface area contributed by atoms with Crippen LogP contribution in [-0.4, -0.2) is 35.0 Å². The molecule has 3 aromatic rings. The van der Waals surface area contributed by atoms with Crippen LogP contribution in [0, 0.1) is 5.92 Å². The first-order valence-electron chi connectivity index (χ1n) is 13.8. The van der Waals surface area contributed by atoms with E-state index in [1.54, 1.807) is 20.8 Å². The molecule has 0 aliphatic carbocycles. The number of Topliss-reactive ketones (excluding diaryl/α,β-unsaturated/α-hetero) is 1. The monoisotopic (exact) mass is 666 g/mol. The van der Waals surface area contributed by atoms with Crippen molar-refractivity contribution in [2.24, 2.45) is 5.92 Å². The van der Waals surface area contributed by atoms with Gasteiger partial charge in [-0.15, -0.1) is 0 Å². The number of hydrogen-bond donors (Lipinski definition) is 3. The van der Waals surface area contributed by atoms with Crippen LogP contribution in [0.4, 0.5) is 55.3 Å². The van der Waals surface area contributed by atoms with E-state index in [-0.39, 0.29) is 5.69 Å². The summed E-state index contributed by atoms with van der Waals surface area (Å²) in [4.78, 5) is 11.9. The van der Waals surface area contributed by atoms with Gasteiger partial charge in [0.2, 0.25) is 11.2 Å². The Kier molecular flexibility index (Phi) is 9.90. The molecule has 1 unspecified atom stereocenters. The zero-order valence-corrected chi connectivity index (χ0v) is 25.2. The first kappa shape index (κ1) is 36.7. The lowest BCUT2D eigenvalue weighted by molar-refractivity contribution is -0.288. The van der Waals surface area contributed by atoms with Gasteiger partial charge in [0.05, 0.1) is 0 Å². The Balaban J connectivity index is 1.98. The SMILES string of the molecule is CC(C)C(=O)C(F)(F)c1cccc(C(F)(F)C(O)Nc2ccc(C(c3ccc(NC(C)(C)C)cc3)(C(F)(F)F)C(F)(F)F)cc2)c1. The molecule has 0 aromatic heterocycles. The molecule has 0 fully saturated rings. The number of halogens is 10. The molecule has 0 heterocycles. The molecule has 3 N–H and O–H groups in total. The van der Waals surface area contributed by atoms with Crippen molar-refractivity contribution in [1.29, 1.82) is 0 Å². The van der Waals surface area contributed by atoms with E-state index in [4.69, 9.17) is 0 Å². The third-order valence-corrected chi connectivity index (χ3v) is 7.10. The summed E-state index contributed by atoms with van der Waals surface area (Å²) in [6, 6.07) is 8.30. The Morgan fingerprint density at radius 1 is 0.652 bits per heavy atom. The summed E-state index contributed by atoms with van der Waals surface area (Å²) < 4.78 is 147. The highest BCUT2D eigenvalue weighted by atomic mass is 19.4. The highest BCUT2D eigenvalue weighted by Crippen LogP contribution is 2.56. The highest BCUT2D eigenvalue weighted by Gasteiger charge is 2.72. The number of hydrogen-bond acceptors (Lipinski definition) is 4. The normalized spacial score (nSPS) is 14.3. The minimum atomic E-state index is -5.91. The van der Waals surface area contributed by atoms with Crippen LogP contribution in [0.3, 0.4) is 0 Å². The molecule has 252 valence electrons. The maximum atomic E-state index is 15.2. The van der Waals surface area contributed by atoms with Gasteiger partial charge in [0.1, 0.15) is 0 Å². The number of aliphatic hydroxyl groups is 1. The molecule has 3 rings (SSSR count). The molecule has 1 atom stereocenters. The maximum absolute atomic E-state index is 15.2. The Morgan fingerprint density at radius 3 is 1.50 bits per heavy atom. The summed E-state index contributed by atoms with van der Waals surface area (Å²) >= 11 is 0. The van der Waals surface area contributed by atoms with E-state index in [2.05, 4.69) is 5.32 Å². The van der Waals surface area contributed by atoms with Crippen molar-refractivity contribution in [3.05, 3.63) is 95.1 Å². The summed E-state index contributed by atoms with van der Waals surface area (Å²) in [5, 5.41) is 15.1. The van der Waals surface area contributed by atoms with Crippen LogP contribution in [0.2, 0.25) is 0 Å². The summed E-state index contributed by atoms with van der Waals surface area (Å²) in [6.45, 7) is 7.62. The van der Waals surface area contributed by atoms with Gasteiger partial charge in [0.15, 0.2) is 6.23 Å². The fourth-order valence-electron chi connectivity index (χ4n) is 4.87. The first-order valence-corrected chi connectivity index (χ1v) is 13.8. The largest absolute Gasteiger partial charge is 0.411 e. The lowest BCUT2D eigenvalue weighted by atomic mass is 9.73. The van der Waals surface area contributed by atoms with Crippen LogP contribution in [0.15, 0.2) is 72.8 Å². The molecule has 0 saturated heterocycles. The van der Waals surface area contributed by atoms with E-state index in [0.717, 1.165) is 24.3 Å². The van der Waals surface area contributed by atoms with Gasteiger partial charge in [-0.05, 0) is 62.2 Å². The van der Waals surface area contributed by atoms with E-state index in [0.29, 0.717) is 48.5 Å². The van der Waals surface area contributed by atoms with Gasteiger partial charge in [-0.2, -0.15) is 43.9 Å². The van der Waals surface area contributed by atoms with Gasteiger partial charge >= 0.3 is 24.2 Å². The predicted octanol–water partition coefficient (Wildman–Crippen LogP) is 9.15. The number of ketones is 1. The average molecular weight is 667 g/mol. The molecule has 0 bridgehead atoms. The minimum Gasteiger partial charge on any atom is -0.380 e. The summed E-state index contributed by atoms with van der Waals surface area (Å²) in [5.41, 5.74) is -9.90. The highest BCUT2D eigenvalue weighted by molar-refractivity contribution is 5.88. The van der Waals surface area contributed by atoms with Gasteiger partial charge in [-0.3, -0.25) is 4.79 Å². The number of carbonyl (C=O) groups is 1. The fourth-order valence-corrected chi connectivity index (χ4v) is 4.87. The van der Waals surface area contributed by atoms with Crippen molar-refractivity contribution >= 4 is 17.2 Å². The second-order valence-electron chi connectivity index (χ2n) is 12.1. The number of alkyl halides is 10. The van der Waals surface area contributed by atoms with E-state index >= 15 is 8.78 Å². The van der Waals surface area contributed by atoms with E-state index < -0.39 is 81.0 Å². The van der Waals surface area contributed by atoms with Gasteiger partial charge < -0.3 is 15.7 Å². The van der Waals surface area contributed by atoms with Crippen molar-refractivity contribution in [3.63, 3.8) is 0 Å². The van der Waals surface area contributed by atoms with E-state index in [1.165, 1.54) is 13.8 Å². The maximum Gasteiger partial charge on any atom is 0.411 e. The van der Waals surface area contributed by atoms with Crippen molar-refractivity contribution in [3.8, 4) is 0 Å². The lowest BCUT2D eigenvalue weighted by Gasteiger charge is -2.38. The Morgan fingerprint density at radius 2 is 1.09 bits per heavy atom. The van der Waals surface area contributed by atoms with Crippen LogP contribution in [0.25, 0.3) is 0 Å². The standard InChI is InChI=1S/C32H32F10N2O2/c1-18(2)25(45)29(33,34)21-7-6-8-22(17-21)30(35,36)26(46)43-23-13-9-19(10-14-23)28(31(37,38)39,32(40,41)42)20-11-15-24(16-12-20)44-27(3,4)5/h6-18,26,43-44,46H,1-5H3. The van der Waals surface area contributed by atoms with E-state index in [9.17, 15) is 45.0 Å². The lowest BCUT2D eigenvalue weighted by Crippen LogP contribution is -2.54. The molecular weight excluding hydrogens is 634 g/mol. The summed E-state index contributed by atoms with van der Waals surface area (Å²) in [6.07, 6.45) is -14.7. The second kappa shape index (κ2) is 12.4. The van der Waals surface area contributed by atoms with Gasteiger partial charge in [0, 0.05) is 34.0 Å². The summed E-state index contributed by atoms with van der Waals surface area (Å²) in [5.74, 6) is -11.1. The zero-order chi connectivity index (χ0) is 35.1. The third kappa shape index (κ3) is 7.11. The first-order chi connectivity index (χ1) is 20.9. The molecule has 0 saturated carbocycles. The van der Waals surface area contributed by atoms with Crippen LogP contribution >= 0.6 is 0 Å². The zero-order valence-electron chi connectivity index (χ0n) is 25.2. The van der Waals surface area contributed by atoms with Crippen molar-refractivity contribution in [2.45, 2.75) is 76.0 Å². The van der Waals surface area contributed by atoms with Gasteiger partial charge in [0.25, 0.3) is 0 Å². The second-order valence-corrected chi connectivity index (χ2v) is 12.1. The Bertz CT molecular complexity index is 1490. The molecule has 0 aliphatic rings. The number of rotatable bonds is 10. The molecule has 3 aromatic carbocycles. The van der Waals surface area contributed by atoms with Crippen LogP contribution in [0.5, 0.6) is 0 Å². The Labute approximate surface area is 258 Å². The smallest absolute Gasteiger partial charge is 0.380 e. The third-order valence-electron chi connectivity index (χ3n) is 7.10. The predicted molar refractivity (Wildman–Crippen MR) is 153 cm³/mol. The fraction of sp³-hybridized carbons (Fsp3) is 0.406. The van der Waals surface area contributed by atoms with E-state index in [1.807, 2.05) is 5.32 Å². The minimum absolute atomic E-state index is 0.268. The molecule has 0 aliphatic heterocycles. The summed E-state index contributed by atoms with van der Waals surface area (Å²) in [7, 11) is 0. The van der Waals surface area contributed by atoms with Gasteiger partial charge in [-0.1, -0.05) is 56.3 Å². The number of benzene rings is 3. The molecule has 0 amide bonds. The molecule has 0 radical (unpaired) electrons. The number of aliphatic hydroxyl groups excluding tert-OH is 1. The van der Waals surface area contributed by atoms with Crippen molar-refractivity contribution in [1.82, 2.24) is 0 Å². The number of carbonyl (C=O) groups excluding carboxylic acids is 1. The Hall–Kier alpha value is -3.81. The molecule has 46 heavy (non-hydrogen) atoms. The van der Waals surface area contributed by atoms with Crippen LogP contribution in [0.1, 0.15) is 56.9 Å². The number of nitrogens with one attached hydrogen (secondary N) is 2. The average Bonchev–Trinajstić information content (AvgIpc) is 2.92. The molecular formula is C32H32F10N2O2. The quantitative estimate of drug-likeness (QED) is 0.149. The van der Waals surface area contributed by atoms with Crippen LogP contribution in [-0.2, 0) is 22.1 Å². The number of anilines is 2. The van der Waals surface area contributed by atoms with Crippen molar-refractivity contribution < 1.29 is 53.8 Å². The molecule has 14 heteroatoms. The molecule has 4 nitrogen and oxygen atoms in total. The van der Waals surface area contributed by atoms with Crippen molar-refractivity contribution in [2.75, 3.05) is 10.6 Å². The van der Waals surface area contributed by atoms with Gasteiger partial charge in [-0.25, -0.2) is 0 Å².